The summed E-state index contributed by atoms with van der Waals surface area (Å²) in [5.41, 5.74) is 5.56. The molecule has 9 nitrogen and oxygen atoms in total. The number of hydrogen-bond donors (Lipinski definition) is 4. The lowest BCUT2D eigenvalue weighted by Crippen LogP contribution is -2.52. The normalized spacial score (nSPS) is 13.2. The van der Waals surface area contributed by atoms with Crippen molar-refractivity contribution in [3.63, 3.8) is 0 Å². The van der Waals surface area contributed by atoms with Crippen molar-refractivity contribution >= 4 is 23.8 Å². The summed E-state index contributed by atoms with van der Waals surface area (Å²) in [5.74, 6) is -3.15. The third-order valence-corrected chi connectivity index (χ3v) is 2.60. The van der Waals surface area contributed by atoms with E-state index in [9.17, 15) is 19.2 Å². The molecule has 0 fully saturated rings. The average Bonchev–Trinajstić information content (AvgIpc) is 2.49. The maximum Gasteiger partial charge on any atom is 0.330 e. The van der Waals surface area contributed by atoms with E-state index in [1.807, 2.05) is 0 Å². The molecular weight excluding hydrogens is 294 g/mol. The van der Waals surface area contributed by atoms with Crippen LogP contribution in [0.2, 0.25) is 0 Å². The fraction of sp³-hybridized carbons (Fsp3) is 0.538. The van der Waals surface area contributed by atoms with Crippen LogP contribution in [-0.2, 0) is 23.9 Å². The summed E-state index contributed by atoms with van der Waals surface area (Å²) in [4.78, 5) is 44.7. The summed E-state index contributed by atoms with van der Waals surface area (Å²) in [6.45, 7) is 1.59. The minimum Gasteiger partial charge on any atom is -0.480 e. The van der Waals surface area contributed by atoms with Crippen LogP contribution in [0.1, 0.15) is 19.8 Å². The quantitative estimate of drug-likeness (QED) is 0.300. The molecule has 0 aliphatic carbocycles. The number of rotatable bonds is 9. The second-order valence-corrected chi connectivity index (χ2v) is 4.40. The number of methoxy groups -OCH3 is 1. The largest absolute Gasteiger partial charge is 0.480 e. The highest BCUT2D eigenvalue weighted by molar-refractivity contribution is 5.95. The van der Waals surface area contributed by atoms with E-state index in [0.29, 0.717) is 6.42 Å². The molecular formula is C13H21N3O6. The Labute approximate surface area is 127 Å². The van der Waals surface area contributed by atoms with Crippen LogP contribution >= 0.6 is 0 Å². The SMILES string of the molecule is CCC[C@H](NC(=O)[C@@H](N)CNC(=O)/C=C/C(=O)OC)C(=O)O. The number of nitrogens with two attached hydrogens (primary N) is 1. The van der Waals surface area contributed by atoms with Crippen LogP contribution in [0.25, 0.3) is 0 Å². The smallest absolute Gasteiger partial charge is 0.330 e. The monoisotopic (exact) mass is 315 g/mol. The van der Waals surface area contributed by atoms with Gasteiger partial charge in [0.1, 0.15) is 12.1 Å². The molecule has 2 atom stereocenters. The van der Waals surface area contributed by atoms with Crippen molar-refractivity contribution in [2.45, 2.75) is 31.8 Å². The first-order chi connectivity index (χ1) is 10.3. The van der Waals surface area contributed by atoms with E-state index in [1.165, 1.54) is 7.11 Å². The Morgan fingerprint density at radius 1 is 1.27 bits per heavy atom. The van der Waals surface area contributed by atoms with E-state index < -0.39 is 35.8 Å². The van der Waals surface area contributed by atoms with E-state index in [-0.39, 0.29) is 13.0 Å². The predicted octanol–water partition coefficient (Wildman–Crippen LogP) is -1.47. The lowest BCUT2D eigenvalue weighted by atomic mass is 10.1. The highest BCUT2D eigenvalue weighted by Crippen LogP contribution is 1.97. The zero-order chi connectivity index (χ0) is 17.1. The number of esters is 1. The molecule has 0 saturated carbocycles. The summed E-state index contributed by atoms with van der Waals surface area (Å²) in [6.07, 6.45) is 2.72. The van der Waals surface area contributed by atoms with Crippen LogP contribution in [0.15, 0.2) is 12.2 Å². The Hall–Kier alpha value is -2.42. The van der Waals surface area contributed by atoms with Crippen molar-refractivity contribution in [2.75, 3.05) is 13.7 Å². The van der Waals surface area contributed by atoms with E-state index in [1.54, 1.807) is 6.92 Å². The molecule has 0 aromatic rings. The molecule has 5 N–H and O–H groups in total. The van der Waals surface area contributed by atoms with E-state index in [4.69, 9.17) is 10.8 Å². The molecule has 0 spiro atoms. The van der Waals surface area contributed by atoms with Crippen LogP contribution in [0, 0.1) is 0 Å². The maximum absolute atomic E-state index is 11.7. The van der Waals surface area contributed by atoms with Gasteiger partial charge >= 0.3 is 11.9 Å². The number of aliphatic carboxylic acids is 1. The van der Waals surface area contributed by atoms with Gasteiger partial charge in [0.2, 0.25) is 11.8 Å². The van der Waals surface area contributed by atoms with Gasteiger partial charge in [-0.05, 0) is 6.42 Å². The van der Waals surface area contributed by atoms with E-state index in [2.05, 4.69) is 15.4 Å². The van der Waals surface area contributed by atoms with Crippen LogP contribution in [0.4, 0.5) is 0 Å². The Morgan fingerprint density at radius 3 is 2.41 bits per heavy atom. The minimum absolute atomic E-state index is 0.200. The lowest BCUT2D eigenvalue weighted by molar-refractivity contribution is -0.142. The summed E-state index contributed by atoms with van der Waals surface area (Å²) < 4.78 is 4.30. The Balaban J connectivity index is 4.30. The summed E-state index contributed by atoms with van der Waals surface area (Å²) >= 11 is 0. The fourth-order valence-electron chi connectivity index (χ4n) is 1.40. The van der Waals surface area contributed by atoms with Gasteiger partial charge in [0, 0.05) is 18.7 Å². The highest BCUT2D eigenvalue weighted by Gasteiger charge is 2.22. The third kappa shape index (κ3) is 8.00. The minimum atomic E-state index is -1.15. The molecule has 0 heterocycles. The summed E-state index contributed by atoms with van der Waals surface area (Å²) in [7, 11) is 1.17. The van der Waals surface area contributed by atoms with Crippen LogP contribution in [0.5, 0.6) is 0 Å². The van der Waals surface area contributed by atoms with Gasteiger partial charge in [-0.1, -0.05) is 13.3 Å². The average molecular weight is 315 g/mol. The number of carbonyl (C=O) groups excluding carboxylic acids is 3. The van der Waals surface area contributed by atoms with Gasteiger partial charge in [-0.3, -0.25) is 9.59 Å². The van der Waals surface area contributed by atoms with Gasteiger partial charge < -0.3 is 26.2 Å². The zero-order valence-electron chi connectivity index (χ0n) is 12.5. The molecule has 0 radical (unpaired) electrons. The van der Waals surface area contributed by atoms with Crippen LogP contribution in [0.3, 0.4) is 0 Å². The number of carboxylic acid groups (broad SMARTS) is 1. The van der Waals surface area contributed by atoms with Gasteiger partial charge in [-0.15, -0.1) is 0 Å². The first-order valence-electron chi connectivity index (χ1n) is 6.64. The fourth-order valence-corrected chi connectivity index (χ4v) is 1.40. The van der Waals surface area contributed by atoms with E-state index in [0.717, 1.165) is 12.2 Å². The molecule has 0 aromatic carbocycles. The van der Waals surface area contributed by atoms with Crippen molar-refractivity contribution in [3.8, 4) is 0 Å². The highest BCUT2D eigenvalue weighted by atomic mass is 16.5. The van der Waals surface area contributed by atoms with Crippen molar-refractivity contribution in [1.29, 1.82) is 0 Å². The van der Waals surface area contributed by atoms with Gasteiger partial charge in [0.15, 0.2) is 0 Å². The van der Waals surface area contributed by atoms with E-state index >= 15 is 0 Å². The maximum atomic E-state index is 11.7. The zero-order valence-corrected chi connectivity index (χ0v) is 12.5. The summed E-state index contributed by atoms with van der Waals surface area (Å²) in [5, 5.41) is 13.5. The molecule has 124 valence electrons. The number of amides is 2. The molecule has 0 aromatic heterocycles. The Kier molecular flexibility index (Phi) is 9.19. The van der Waals surface area contributed by atoms with Crippen LogP contribution < -0.4 is 16.4 Å². The first kappa shape index (κ1) is 19.6. The van der Waals surface area contributed by atoms with Crippen molar-refractivity contribution in [1.82, 2.24) is 10.6 Å². The molecule has 0 aliphatic rings. The molecule has 9 heteroatoms. The Morgan fingerprint density at radius 2 is 1.91 bits per heavy atom. The second-order valence-electron chi connectivity index (χ2n) is 4.40. The molecule has 0 unspecified atom stereocenters. The summed E-state index contributed by atoms with van der Waals surface area (Å²) in [6, 6.07) is -2.12. The number of carbonyl (C=O) groups is 4. The molecule has 0 bridgehead atoms. The number of carboxylic acids is 1. The standard InChI is InChI=1S/C13H21N3O6/c1-3-4-9(13(20)21)16-12(19)8(14)7-15-10(17)5-6-11(18)22-2/h5-6,8-9H,3-4,7,14H2,1-2H3,(H,15,17)(H,16,19)(H,20,21)/b6-5+/t8-,9-/m0/s1. The van der Waals surface area contributed by atoms with Gasteiger partial charge in [0.25, 0.3) is 0 Å². The number of hydrogen-bond acceptors (Lipinski definition) is 6. The van der Waals surface area contributed by atoms with Crippen LogP contribution in [-0.4, -0.2) is 54.6 Å². The van der Waals surface area contributed by atoms with Crippen molar-refractivity contribution < 1.29 is 29.0 Å². The Bertz CT molecular complexity index is 449. The molecule has 0 aliphatic heterocycles. The first-order valence-corrected chi connectivity index (χ1v) is 6.64. The molecule has 2 amide bonds. The van der Waals surface area contributed by atoms with Gasteiger partial charge in [-0.25, -0.2) is 9.59 Å². The van der Waals surface area contributed by atoms with Gasteiger partial charge in [0.05, 0.1) is 7.11 Å². The van der Waals surface area contributed by atoms with Crippen molar-refractivity contribution in [3.05, 3.63) is 12.2 Å². The van der Waals surface area contributed by atoms with Crippen molar-refractivity contribution in [2.24, 2.45) is 5.73 Å². The molecule has 0 saturated heterocycles. The van der Waals surface area contributed by atoms with Gasteiger partial charge in [-0.2, -0.15) is 0 Å². The molecule has 0 rings (SSSR count). The predicted molar refractivity (Wildman–Crippen MR) is 76.6 cm³/mol. The second kappa shape index (κ2) is 10.3. The molecule has 22 heavy (non-hydrogen) atoms. The third-order valence-electron chi connectivity index (χ3n) is 2.60. The number of ether oxygens (including phenoxy) is 1. The number of nitrogens with one attached hydrogen (secondary N) is 2. The lowest BCUT2D eigenvalue weighted by Gasteiger charge is -2.17. The topological polar surface area (TPSA) is 148 Å².